The van der Waals surface area contributed by atoms with Gasteiger partial charge in [-0.1, -0.05) is 78.2 Å². The van der Waals surface area contributed by atoms with Crippen molar-refractivity contribution in [1.29, 1.82) is 0 Å². The lowest BCUT2D eigenvalue weighted by molar-refractivity contribution is -0.140. The predicted molar refractivity (Wildman–Crippen MR) is 110 cm³/mol. The molecule has 4 nitrogen and oxygen atoms in total. The lowest BCUT2D eigenvalue weighted by atomic mass is 9.60. The number of allylic oxidation sites excluding steroid dienone is 5. The number of hydrogen-bond donors (Lipinski definition) is 2. The predicted octanol–water partition coefficient (Wildman–Crippen LogP) is 5.85. The highest BCUT2D eigenvalue weighted by Gasteiger charge is 2.43. The number of hydrogen-bond acceptors (Lipinski definition) is 2. The molecule has 0 amide bonds. The highest BCUT2D eigenvalue weighted by molar-refractivity contribution is 6.13. The molecule has 4 heteroatoms. The molecule has 27 heavy (non-hydrogen) atoms. The Kier molecular flexibility index (Phi) is 9.01. The van der Waals surface area contributed by atoms with E-state index >= 15 is 0 Å². The van der Waals surface area contributed by atoms with E-state index in [2.05, 4.69) is 32.9 Å². The number of carboxylic acids is 2. The van der Waals surface area contributed by atoms with Gasteiger partial charge >= 0.3 is 11.9 Å². The van der Waals surface area contributed by atoms with E-state index < -0.39 is 22.9 Å². The van der Waals surface area contributed by atoms with Crippen LogP contribution in [0.5, 0.6) is 0 Å². The summed E-state index contributed by atoms with van der Waals surface area (Å²) in [5, 5.41) is 19.5. The molecule has 0 heterocycles. The van der Waals surface area contributed by atoms with Gasteiger partial charge in [0.25, 0.3) is 0 Å². The smallest absolute Gasteiger partial charge is 0.343 e. The molecular weight excluding hydrogens is 340 g/mol. The van der Waals surface area contributed by atoms with Gasteiger partial charge in [0.2, 0.25) is 0 Å². The number of carbonyl (C=O) groups is 2. The third-order valence-electron chi connectivity index (χ3n) is 5.33. The molecule has 0 aromatic carbocycles. The van der Waals surface area contributed by atoms with Crippen molar-refractivity contribution in [2.45, 2.75) is 73.1 Å². The number of aliphatic carboxylic acids is 2. The van der Waals surface area contributed by atoms with E-state index in [4.69, 9.17) is 0 Å². The highest BCUT2D eigenvalue weighted by Crippen LogP contribution is 2.50. The zero-order chi connectivity index (χ0) is 20.6. The molecule has 2 unspecified atom stereocenters. The Hall–Kier alpha value is -1.84. The van der Waals surface area contributed by atoms with Gasteiger partial charge < -0.3 is 10.2 Å². The van der Waals surface area contributed by atoms with Crippen LogP contribution in [0.1, 0.15) is 73.1 Å². The van der Waals surface area contributed by atoms with Crippen molar-refractivity contribution in [3.8, 4) is 0 Å². The average Bonchev–Trinajstić information content (AvgIpc) is 2.54. The molecule has 0 fully saturated rings. The normalized spacial score (nSPS) is 21.7. The summed E-state index contributed by atoms with van der Waals surface area (Å²) in [6.07, 6.45) is 13.4. The van der Waals surface area contributed by atoms with Crippen LogP contribution in [0.3, 0.4) is 0 Å². The van der Waals surface area contributed by atoms with Gasteiger partial charge in [-0.25, -0.2) is 9.59 Å². The summed E-state index contributed by atoms with van der Waals surface area (Å²) in [5.74, 6) is -1.94. The fourth-order valence-electron chi connectivity index (χ4n) is 4.21. The van der Waals surface area contributed by atoms with Gasteiger partial charge in [0.15, 0.2) is 0 Å². The molecule has 0 aliphatic heterocycles. The largest absolute Gasteiger partial charge is 0.477 e. The monoisotopic (exact) mass is 376 g/mol. The summed E-state index contributed by atoms with van der Waals surface area (Å²) in [5.41, 5.74) is -0.390. The van der Waals surface area contributed by atoms with E-state index in [0.29, 0.717) is 17.9 Å². The maximum atomic E-state index is 11.9. The fraction of sp³-hybridized carbons (Fsp3) is 0.652. The van der Waals surface area contributed by atoms with Crippen LogP contribution in [0.2, 0.25) is 0 Å². The van der Waals surface area contributed by atoms with Crippen LogP contribution in [0.25, 0.3) is 0 Å². The van der Waals surface area contributed by atoms with Crippen LogP contribution in [0.4, 0.5) is 0 Å². The molecule has 0 spiro atoms. The van der Waals surface area contributed by atoms with Crippen LogP contribution < -0.4 is 0 Å². The highest BCUT2D eigenvalue weighted by atomic mass is 16.4. The Morgan fingerprint density at radius 1 is 1.00 bits per heavy atom. The fourth-order valence-corrected chi connectivity index (χ4v) is 4.21. The molecule has 0 saturated carbocycles. The van der Waals surface area contributed by atoms with Crippen molar-refractivity contribution < 1.29 is 19.8 Å². The van der Waals surface area contributed by atoms with Gasteiger partial charge in [0.05, 0.1) is 0 Å². The van der Waals surface area contributed by atoms with Crippen molar-refractivity contribution in [1.82, 2.24) is 0 Å². The Labute approximate surface area is 164 Å². The van der Waals surface area contributed by atoms with Gasteiger partial charge in [0, 0.05) is 5.41 Å². The van der Waals surface area contributed by atoms with Crippen LogP contribution in [-0.4, -0.2) is 22.2 Å². The first-order valence-electron chi connectivity index (χ1n) is 10.2. The molecule has 152 valence electrons. The number of carboxylic acid groups (broad SMARTS) is 2. The Morgan fingerprint density at radius 2 is 1.63 bits per heavy atom. The van der Waals surface area contributed by atoms with Crippen LogP contribution in [0.15, 0.2) is 35.5 Å². The van der Waals surface area contributed by atoms with Gasteiger partial charge in [0.1, 0.15) is 5.57 Å². The van der Waals surface area contributed by atoms with Crippen molar-refractivity contribution >= 4 is 11.9 Å². The summed E-state index contributed by atoms with van der Waals surface area (Å²) in [7, 11) is 0. The number of rotatable bonds is 11. The van der Waals surface area contributed by atoms with E-state index in [1.54, 1.807) is 0 Å². The summed E-state index contributed by atoms with van der Waals surface area (Å²) in [4.78, 5) is 23.9. The molecular formula is C23H36O4. The summed E-state index contributed by atoms with van der Waals surface area (Å²) >= 11 is 0. The first-order chi connectivity index (χ1) is 12.7. The maximum Gasteiger partial charge on any atom is 0.343 e. The second-order valence-corrected chi connectivity index (χ2v) is 8.54. The molecule has 2 N–H and O–H groups in total. The first-order valence-corrected chi connectivity index (χ1v) is 10.2. The third-order valence-corrected chi connectivity index (χ3v) is 5.33. The number of unbranched alkanes of at least 4 members (excludes halogenated alkanes) is 2. The molecule has 0 aromatic rings. The van der Waals surface area contributed by atoms with Crippen molar-refractivity contribution in [2.24, 2.45) is 23.2 Å². The van der Waals surface area contributed by atoms with Crippen molar-refractivity contribution in [3.63, 3.8) is 0 Å². The summed E-state index contributed by atoms with van der Waals surface area (Å²) in [6.45, 7) is 10.5. The lowest BCUT2D eigenvalue weighted by Crippen LogP contribution is -2.36. The Balaban J connectivity index is 3.66. The average molecular weight is 377 g/mol. The minimum absolute atomic E-state index is 0.113. The minimum Gasteiger partial charge on any atom is -0.477 e. The molecule has 0 aromatic heterocycles. The van der Waals surface area contributed by atoms with Crippen molar-refractivity contribution in [3.05, 3.63) is 35.5 Å². The van der Waals surface area contributed by atoms with Crippen LogP contribution in [0, 0.1) is 23.2 Å². The van der Waals surface area contributed by atoms with E-state index in [1.807, 2.05) is 26.0 Å². The maximum absolute atomic E-state index is 11.9. The van der Waals surface area contributed by atoms with Crippen LogP contribution >= 0.6 is 0 Å². The minimum atomic E-state index is -1.33. The van der Waals surface area contributed by atoms with Gasteiger partial charge in [-0.05, 0) is 42.6 Å². The first kappa shape index (κ1) is 23.2. The Morgan fingerprint density at radius 3 is 2.11 bits per heavy atom. The van der Waals surface area contributed by atoms with E-state index in [9.17, 15) is 19.8 Å². The van der Waals surface area contributed by atoms with Gasteiger partial charge in [-0.15, -0.1) is 0 Å². The second-order valence-electron chi connectivity index (χ2n) is 8.54. The van der Waals surface area contributed by atoms with E-state index in [0.717, 1.165) is 32.1 Å². The Bertz CT molecular complexity index is 594. The molecule has 1 rings (SSSR count). The molecule has 0 saturated heterocycles. The molecule has 2 atom stereocenters. The summed E-state index contributed by atoms with van der Waals surface area (Å²) in [6, 6.07) is 0. The SMILES string of the molecule is CCCCCC1(C(CC(C)C)=C(C(=O)O)C(=O)O)C=CC=CC1CC(C)C. The quantitative estimate of drug-likeness (QED) is 0.205. The zero-order valence-corrected chi connectivity index (χ0v) is 17.5. The second kappa shape index (κ2) is 10.5. The van der Waals surface area contributed by atoms with Crippen LogP contribution in [-0.2, 0) is 9.59 Å². The molecule has 0 bridgehead atoms. The molecule has 1 aliphatic carbocycles. The van der Waals surface area contributed by atoms with Gasteiger partial charge in [-0.2, -0.15) is 0 Å². The molecule has 0 radical (unpaired) electrons. The summed E-state index contributed by atoms with van der Waals surface area (Å²) < 4.78 is 0. The topological polar surface area (TPSA) is 74.6 Å². The molecule has 1 aliphatic rings. The lowest BCUT2D eigenvalue weighted by Gasteiger charge is -2.43. The van der Waals surface area contributed by atoms with Gasteiger partial charge in [-0.3, -0.25) is 0 Å². The van der Waals surface area contributed by atoms with E-state index in [-0.39, 0.29) is 11.8 Å². The van der Waals surface area contributed by atoms with E-state index in [1.165, 1.54) is 0 Å². The third kappa shape index (κ3) is 6.08. The standard InChI is InChI=1S/C23H36O4/c1-6-7-9-12-23(13-10-8-11-18(23)14-16(2)3)19(15-17(4)5)20(21(24)25)22(26)27/h8,10-11,13,16-18H,6-7,9,12,14-15H2,1-5H3,(H,24,25)(H,26,27). The van der Waals surface area contributed by atoms with Crippen molar-refractivity contribution in [2.75, 3.05) is 0 Å². The zero-order valence-electron chi connectivity index (χ0n) is 17.5.